The molecule has 0 bridgehead atoms. The van der Waals surface area contributed by atoms with Crippen LogP contribution >= 0.6 is 11.3 Å². The van der Waals surface area contributed by atoms with Gasteiger partial charge in [-0.2, -0.15) is 5.10 Å². The molecule has 10 heteroatoms. The van der Waals surface area contributed by atoms with Crippen molar-refractivity contribution >= 4 is 23.3 Å². The Balaban J connectivity index is 1.72. The van der Waals surface area contributed by atoms with E-state index in [1.54, 1.807) is 6.92 Å². The third kappa shape index (κ3) is 4.24. The van der Waals surface area contributed by atoms with E-state index in [0.29, 0.717) is 23.8 Å². The van der Waals surface area contributed by atoms with Crippen LogP contribution in [0.2, 0.25) is 0 Å². The molecule has 0 saturated heterocycles. The quantitative estimate of drug-likeness (QED) is 0.616. The Morgan fingerprint density at radius 3 is 2.95 bits per heavy atom. The Kier molecular flexibility index (Phi) is 4.82. The number of carbonyl (C=O) groups is 2. The van der Waals surface area contributed by atoms with Gasteiger partial charge in [-0.3, -0.25) is 5.10 Å². The predicted octanol–water partition coefficient (Wildman–Crippen LogP) is 0.562. The second kappa shape index (κ2) is 6.79. The van der Waals surface area contributed by atoms with Gasteiger partial charge in [0.15, 0.2) is 5.69 Å². The van der Waals surface area contributed by atoms with Crippen LogP contribution in [-0.2, 0) is 6.42 Å². The molecule has 4 N–H and O–H groups in total. The number of nitrogens with zero attached hydrogens (tertiary/aromatic N) is 3. The van der Waals surface area contributed by atoms with Gasteiger partial charge in [0, 0.05) is 18.3 Å². The molecule has 2 heterocycles. The number of hydrogen-bond acceptors (Lipinski definition) is 6. The number of H-pyrrole nitrogens is 1. The summed E-state index contributed by atoms with van der Waals surface area (Å²) in [7, 11) is 0. The predicted molar refractivity (Wildman–Crippen MR) is 74.1 cm³/mol. The van der Waals surface area contributed by atoms with Crippen LogP contribution in [0.4, 0.5) is 4.79 Å². The first-order valence-corrected chi connectivity index (χ1v) is 7.01. The molecule has 0 aliphatic heterocycles. The van der Waals surface area contributed by atoms with Crippen LogP contribution in [0.1, 0.15) is 34.3 Å². The molecule has 0 spiro atoms. The van der Waals surface area contributed by atoms with Crippen molar-refractivity contribution in [1.29, 1.82) is 0 Å². The smallest absolute Gasteiger partial charge is 0.355 e. The summed E-state index contributed by atoms with van der Waals surface area (Å²) in [6, 6.07) is -0.625. The first kappa shape index (κ1) is 14.9. The van der Waals surface area contributed by atoms with E-state index in [0.717, 1.165) is 0 Å². The summed E-state index contributed by atoms with van der Waals surface area (Å²) in [5.41, 5.74) is 0.0263. The van der Waals surface area contributed by atoms with Gasteiger partial charge < -0.3 is 15.7 Å². The summed E-state index contributed by atoms with van der Waals surface area (Å²) in [5.74, 6) is -0.486. The molecule has 21 heavy (non-hydrogen) atoms. The second-order valence-corrected chi connectivity index (χ2v) is 5.12. The molecule has 1 unspecified atom stereocenters. The molecule has 2 rings (SSSR count). The number of amides is 2. The van der Waals surface area contributed by atoms with E-state index in [9.17, 15) is 9.59 Å². The lowest BCUT2D eigenvalue weighted by Crippen LogP contribution is -2.38. The van der Waals surface area contributed by atoms with E-state index < -0.39 is 5.97 Å². The van der Waals surface area contributed by atoms with E-state index >= 15 is 0 Å². The van der Waals surface area contributed by atoms with E-state index in [2.05, 4.69) is 30.8 Å². The molecule has 112 valence electrons. The maximum absolute atomic E-state index is 11.7. The standard InChI is InChI=1S/C11H14N6O3S/c1-6(9-13-5-14-17-9)15-11(20)12-3-2-8-16-7(4-21-8)10(18)19/h4-6H,2-3H2,1H3,(H,18,19)(H2,12,15,20)(H,13,14,17). The maximum atomic E-state index is 11.7. The fraction of sp³-hybridized carbons (Fsp3) is 0.364. The molecule has 0 aliphatic rings. The van der Waals surface area contributed by atoms with Crippen molar-refractivity contribution in [2.45, 2.75) is 19.4 Å². The number of aromatic amines is 1. The first-order chi connectivity index (χ1) is 10.1. The summed E-state index contributed by atoms with van der Waals surface area (Å²) >= 11 is 1.25. The number of hydrogen-bond donors (Lipinski definition) is 4. The molecule has 2 amide bonds. The van der Waals surface area contributed by atoms with Crippen molar-refractivity contribution < 1.29 is 14.7 Å². The zero-order chi connectivity index (χ0) is 15.2. The lowest BCUT2D eigenvalue weighted by Gasteiger charge is -2.11. The number of aromatic nitrogens is 4. The highest BCUT2D eigenvalue weighted by molar-refractivity contribution is 7.09. The molecule has 0 aromatic carbocycles. The maximum Gasteiger partial charge on any atom is 0.355 e. The molecule has 0 radical (unpaired) electrons. The molecule has 0 saturated carbocycles. The molecule has 9 nitrogen and oxygen atoms in total. The fourth-order valence-corrected chi connectivity index (χ4v) is 2.32. The van der Waals surface area contributed by atoms with Gasteiger partial charge in [0.1, 0.15) is 12.2 Å². The molecular weight excluding hydrogens is 296 g/mol. The summed E-state index contributed by atoms with van der Waals surface area (Å²) in [6.45, 7) is 2.14. The van der Waals surface area contributed by atoms with Crippen LogP contribution in [0.15, 0.2) is 11.7 Å². The number of aromatic carboxylic acids is 1. The van der Waals surface area contributed by atoms with Crippen LogP contribution in [0, 0.1) is 0 Å². The summed E-state index contributed by atoms with van der Waals surface area (Å²) in [5, 5.41) is 22.6. The molecule has 2 aromatic heterocycles. The summed E-state index contributed by atoms with van der Waals surface area (Å²) < 4.78 is 0. The monoisotopic (exact) mass is 310 g/mol. The Bertz CT molecular complexity index is 611. The Morgan fingerprint density at radius 2 is 2.33 bits per heavy atom. The Labute approximate surface area is 123 Å². The zero-order valence-corrected chi connectivity index (χ0v) is 12.0. The van der Waals surface area contributed by atoms with Gasteiger partial charge in [-0.05, 0) is 6.92 Å². The number of rotatable bonds is 6. The Hall–Kier alpha value is -2.49. The normalized spacial score (nSPS) is 11.9. The number of thiazole rings is 1. The van der Waals surface area contributed by atoms with Crippen molar-refractivity contribution in [1.82, 2.24) is 30.8 Å². The third-order valence-electron chi connectivity index (χ3n) is 2.59. The highest BCUT2D eigenvalue weighted by atomic mass is 32.1. The van der Waals surface area contributed by atoms with Crippen LogP contribution in [0.25, 0.3) is 0 Å². The van der Waals surface area contributed by atoms with Gasteiger partial charge in [0.25, 0.3) is 0 Å². The highest BCUT2D eigenvalue weighted by Gasteiger charge is 2.12. The largest absolute Gasteiger partial charge is 0.476 e. The molecule has 1 atom stereocenters. The van der Waals surface area contributed by atoms with Crippen molar-refractivity contribution in [2.24, 2.45) is 0 Å². The van der Waals surface area contributed by atoms with Gasteiger partial charge in [0.2, 0.25) is 0 Å². The lowest BCUT2D eigenvalue weighted by atomic mass is 10.3. The zero-order valence-electron chi connectivity index (χ0n) is 11.2. The fourth-order valence-electron chi connectivity index (χ4n) is 1.55. The topological polar surface area (TPSA) is 133 Å². The minimum absolute atomic E-state index is 0.0263. The third-order valence-corrected chi connectivity index (χ3v) is 3.50. The minimum Gasteiger partial charge on any atom is -0.476 e. The van der Waals surface area contributed by atoms with Crippen molar-refractivity contribution in [3.8, 4) is 0 Å². The lowest BCUT2D eigenvalue weighted by molar-refractivity contribution is 0.0691. The van der Waals surface area contributed by atoms with E-state index in [-0.39, 0.29) is 17.8 Å². The number of carboxylic acid groups (broad SMARTS) is 1. The summed E-state index contributed by atoms with van der Waals surface area (Å²) in [6.07, 6.45) is 1.84. The number of carbonyl (C=O) groups excluding carboxylic acids is 1. The van der Waals surface area contributed by atoms with E-state index in [4.69, 9.17) is 5.11 Å². The van der Waals surface area contributed by atoms with Crippen LogP contribution < -0.4 is 10.6 Å². The SMILES string of the molecule is CC(NC(=O)NCCc1nc(C(=O)O)cs1)c1ncn[nH]1. The molecular formula is C11H14N6O3S. The number of carboxylic acids is 1. The first-order valence-electron chi connectivity index (χ1n) is 6.13. The van der Waals surface area contributed by atoms with Crippen LogP contribution in [-0.4, -0.2) is 43.8 Å². The average molecular weight is 310 g/mol. The van der Waals surface area contributed by atoms with E-state index in [1.807, 2.05) is 0 Å². The van der Waals surface area contributed by atoms with Gasteiger partial charge in [-0.25, -0.2) is 19.6 Å². The van der Waals surface area contributed by atoms with Crippen molar-refractivity contribution in [2.75, 3.05) is 6.54 Å². The second-order valence-electron chi connectivity index (χ2n) is 4.17. The van der Waals surface area contributed by atoms with Crippen LogP contribution in [0.5, 0.6) is 0 Å². The summed E-state index contributed by atoms with van der Waals surface area (Å²) in [4.78, 5) is 30.2. The average Bonchev–Trinajstić information content (AvgIpc) is 3.10. The Morgan fingerprint density at radius 1 is 1.52 bits per heavy atom. The molecule has 2 aromatic rings. The van der Waals surface area contributed by atoms with Gasteiger partial charge >= 0.3 is 12.0 Å². The highest BCUT2D eigenvalue weighted by Crippen LogP contribution is 2.10. The number of urea groups is 1. The van der Waals surface area contributed by atoms with Gasteiger partial charge in [-0.15, -0.1) is 11.3 Å². The number of nitrogens with one attached hydrogen (secondary N) is 3. The van der Waals surface area contributed by atoms with Gasteiger partial charge in [0.05, 0.1) is 11.0 Å². The van der Waals surface area contributed by atoms with Crippen molar-refractivity contribution in [3.63, 3.8) is 0 Å². The van der Waals surface area contributed by atoms with Gasteiger partial charge in [-0.1, -0.05) is 0 Å². The van der Waals surface area contributed by atoms with E-state index in [1.165, 1.54) is 23.0 Å². The molecule has 0 fully saturated rings. The molecule has 0 aliphatic carbocycles. The minimum atomic E-state index is -1.05. The van der Waals surface area contributed by atoms with Crippen molar-refractivity contribution in [3.05, 3.63) is 28.2 Å². The van der Waals surface area contributed by atoms with Crippen LogP contribution in [0.3, 0.4) is 0 Å².